The van der Waals surface area contributed by atoms with Crippen LogP contribution in [0.4, 0.5) is 0 Å². The summed E-state index contributed by atoms with van der Waals surface area (Å²) in [5.41, 5.74) is 15.4. The van der Waals surface area contributed by atoms with Crippen LogP contribution in [0.2, 0.25) is 0 Å². The van der Waals surface area contributed by atoms with E-state index < -0.39 is 0 Å². The first kappa shape index (κ1) is 31.2. The van der Waals surface area contributed by atoms with E-state index in [9.17, 15) is 10.5 Å². The highest BCUT2D eigenvalue weighted by Crippen LogP contribution is 2.62. The summed E-state index contributed by atoms with van der Waals surface area (Å²) in [6, 6.07) is 34.8. The molecule has 9 aromatic rings. The van der Waals surface area contributed by atoms with Gasteiger partial charge in [-0.05, 0) is 187 Å². The maximum Gasteiger partial charge on any atom is 0.136 e. The van der Waals surface area contributed by atoms with Crippen molar-refractivity contribution in [1.82, 2.24) is 4.40 Å². The van der Waals surface area contributed by atoms with Gasteiger partial charge in [0.1, 0.15) is 11.2 Å². The molecule has 4 atom stereocenters. The van der Waals surface area contributed by atoms with Gasteiger partial charge in [0, 0.05) is 37.9 Å². The Morgan fingerprint density at radius 2 is 0.983 bits per heavy atom. The van der Waals surface area contributed by atoms with Crippen LogP contribution in [0.5, 0.6) is 0 Å². The van der Waals surface area contributed by atoms with E-state index in [2.05, 4.69) is 95.4 Å². The zero-order chi connectivity index (χ0) is 37.7. The van der Waals surface area contributed by atoms with Gasteiger partial charge in [-0.25, -0.2) is 0 Å². The van der Waals surface area contributed by atoms with Gasteiger partial charge in [0.05, 0.1) is 39.8 Å². The summed E-state index contributed by atoms with van der Waals surface area (Å²) < 4.78 is 9.21. The Morgan fingerprint density at radius 1 is 0.483 bits per heavy atom. The molecule has 6 aromatic carbocycles. The van der Waals surface area contributed by atoms with Crippen LogP contribution < -0.4 is 0 Å². The maximum absolute atomic E-state index is 11.0. The first-order chi connectivity index (χ1) is 28.6. The van der Waals surface area contributed by atoms with Crippen molar-refractivity contribution in [1.29, 1.82) is 10.5 Å². The molecule has 0 amide bonds. The zero-order valence-electron chi connectivity index (χ0n) is 32.4. The standard InChI is InChI=1S/C54H41N3O/c55-24-36-21-42-51(49-33-15-26-9-27(16-33)12-31(11-26)46(36)49)40-19-35(48-38-6-2-1-5-30(38)23-45-53(48)39-7-3-4-8-44(39)58-45)20-41-52-43(57(42)54(40)41)22-37(25-56)47-32-13-28-10-29(14-32)18-34(17-28)50(47)52/h1-8,19-23,26-29,31-34H,9-18H2. The van der Waals surface area contributed by atoms with Gasteiger partial charge in [-0.15, -0.1) is 0 Å². The topological polar surface area (TPSA) is 65.1 Å². The van der Waals surface area contributed by atoms with Crippen molar-refractivity contribution in [2.45, 2.75) is 87.9 Å². The van der Waals surface area contributed by atoms with Crippen molar-refractivity contribution < 1.29 is 4.42 Å². The van der Waals surface area contributed by atoms with Gasteiger partial charge < -0.3 is 8.82 Å². The van der Waals surface area contributed by atoms with Crippen molar-refractivity contribution in [3.8, 4) is 23.3 Å². The minimum Gasteiger partial charge on any atom is -0.456 e. The molecule has 8 aliphatic carbocycles. The second-order valence-corrected chi connectivity index (χ2v) is 19.8. The number of nitrogens with zero attached hydrogens (tertiary/aromatic N) is 3. The number of rotatable bonds is 1. The molecule has 278 valence electrons. The van der Waals surface area contributed by atoms with Gasteiger partial charge in [0.25, 0.3) is 0 Å². The van der Waals surface area contributed by atoms with Crippen LogP contribution in [-0.4, -0.2) is 4.40 Å². The van der Waals surface area contributed by atoms with E-state index in [1.165, 1.54) is 152 Å². The molecular formula is C54H41N3O. The Bertz CT molecular complexity index is 3280. The van der Waals surface area contributed by atoms with Crippen molar-refractivity contribution in [2.24, 2.45) is 23.7 Å². The van der Waals surface area contributed by atoms with Gasteiger partial charge in [0.2, 0.25) is 0 Å². The molecule has 4 nitrogen and oxygen atoms in total. The molecule has 8 bridgehead atoms. The molecule has 0 N–H and O–H groups in total. The second-order valence-electron chi connectivity index (χ2n) is 19.8. The quantitative estimate of drug-likeness (QED) is 0.168. The molecular weight excluding hydrogens is 707 g/mol. The van der Waals surface area contributed by atoms with E-state index in [1.807, 2.05) is 0 Å². The summed E-state index contributed by atoms with van der Waals surface area (Å²) in [4.78, 5) is 0. The number of hydrogen-bond acceptors (Lipinski definition) is 3. The number of nitriles is 2. The van der Waals surface area contributed by atoms with Gasteiger partial charge in [0.15, 0.2) is 0 Å². The number of aromatic nitrogens is 1. The normalized spacial score (nSPS) is 28.0. The molecule has 0 saturated heterocycles. The lowest BCUT2D eigenvalue weighted by atomic mass is 9.67. The molecule has 0 radical (unpaired) electrons. The molecule has 8 aliphatic rings. The first-order valence-electron chi connectivity index (χ1n) is 22.1. The van der Waals surface area contributed by atoms with Crippen LogP contribution in [0.3, 0.4) is 0 Å². The van der Waals surface area contributed by atoms with E-state index in [0.717, 1.165) is 51.4 Å². The van der Waals surface area contributed by atoms with Crippen molar-refractivity contribution >= 4 is 70.8 Å². The number of benzene rings is 6. The predicted octanol–water partition coefficient (Wildman–Crippen LogP) is 14.1. The molecule has 4 heteroatoms. The SMILES string of the molecule is N#Cc1cc2c(c3c1C1CC4CC(C1)CC3C4)c1cc(-c3c4ccccc4cc4oc5ccccc5c34)cc3c4c5c(c(C#N)cc4n2c13)C1CC2CC(C1)CC5C2. The summed E-state index contributed by atoms with van der Waals surface area (Å²) in [5.74, 6) is 4.88. The molecule has 4 saturated carbocycles. The van der Waals surface area contributed by atoms with Gasteiger partial charge in [-0.2, -0.15) is 10.5 Å². The fraction of sp³-hybridized carbons (Fsp3) is 0.333. The highest BCUT2D eigenvalue weighted by Gasteiger charge is 2.47. The number of para-hydroxylation sites is 1. The van der Waals surface area contributed by atoms with Gasteiger partial charge >= 0.3 is 0 Å². The van der Waals surface area contributed by atoms with Gasteiger partial charge in [-0.3, -0.25) is 0 Å². The Hall–Kier alpha value is -5.84. The summed E-state index contributed by atoms with van der Waals surface area (Å²) in [7, 11) is 0. The fourth-order valence-corrected chi connectivity index (χ4v) is 15.5. The lowest BCUT2D eigenvalue weighted by Gasteiger charge is -2.38. The molecule has 3 aromatic heterocycles. The second kappa shape index (κ2) is 10.6. The third kappa shape index (κ3) is 3.73. The van der Waals surface area contributed by atoms with Crippen molar-refractivity contribution in [2.75, 3.05) is 0 Å². The number of furan rings is 1. The largest absolute Gasteiger partial charge is 0.456 e. The number of hydrogen-bond donors (Lipinski definition) is 0. The van der Waals surface area contributed by atoms with Crippen LogP contribution in [0.1, 0.15) is 121 Å². The fourth-order valence-electron chi connectivity index (χ4n) is 15.5. The third-order valence-corrected chi connectivity index (χ3v) is 17.0. The van der Waals surface area contributed by atoms with Gasteiger partial charge in [-0.1, -0.05) is 42.5 Å². The minimum absolute atomic E-state index is 0.461. The third-order valence-electron chi connectivity index (χ3n) is 17.0. The highest BCUT2D eigenvalue weighted by molar-refractivity contribution is 6.28. The predicted molar refractivity (Wildman–Crippen MR) is 232 cm³/mol. The van der Waals surface area contributed by atoms with E-state index in [-0.39, 0.29) is 0 Å². The van der Waals surface area contributed by atoms with Crippen molar-refractivity contribution in [3.05, 3.63) is 112 Å². The Kier molecular flexibility index (Phi) is 5.70. The highest BCUT2D eigenvalue weighted by atomic mass is 16.3. The van der Waals surface area contributed by atoms with E-state index in [0.29, 0.717) is 23.7 Å². The molecule has 58 heavy (non-hydrogen) atoms. The molecule has 4 fully saturated rings. The summed E-state index contributed by atoms with van der Waals surface area (Å²) >= 11 is 0. The Balaban J connectivity index is 1.18. The maximum atomic E-state index is 11.0. The van der Waals surface area contributed by atoms with E-state index in [4.69, 9.17) is 4.42 Å². The van der Waals surface area contributed by atoms with Crippen LogP contribution in [0.15, 0.2) is 83.3 Å². The molecule has 0 aliphatic heterocycles. The molecule has 4 unspecified atom stereocenters. The van der Waals surface area contributed by atoms with Crippen molar-refractivity contribution in [3.63, 3.8) is 0 Å². The Labute approximate surface area is 336 Å². The molecule has 3 heterocycles. The van der Waals surface area contributed by atoms with E-state index in [1.54, 1.807) is 0 Å². The average Bonchev–Trinajstić information content (AvgIpc) is 3.79. The van der Waals surface area contributed by atoms with Crippen LogP contribution in [0.25, 0.3) is 81.9 Å². The number of fused-ring (bicyclic) bond motifs is 10. The molecule has 17 rings (SSSR count). The summed E-state index contributed by atoms with van der Waals surface area (Å²) in [5, 5.41) is 32.2. The van der Waals surface area contributed by atoms with E-state index >= 15 is 0 Å². The summed E-state index contributed by atoms with van der Waals surface area (Å²) in [6.45, 7) is 0. The lowest BCUT2D eigenvalue weighted by molar-refractivity contribution is 0.166. The van der Waals surface area contributed by atoms with Crippen LogP contribution in [-0.2, 0) is 0 Å². The first-order valence-corrected chi connectivity index (χ1v) is 22.1. The Morgan fingerprint density at radius 3 is 1.53 bits per heavy atom. The molecule has 0 spiro atoms. The summed E-state index contributed by atoms with van der Waals surface area (Å²) in [6.07, 6.45) is 12.6. The zero-order valence-corrected chi connectivity index (χ0v) is 32.4. The van der Waals surface area contributed by atoms with Crippen LogP contribution >= 0.6 is 0 Å². The smallest absolute Gasteiger partial charge is 0.136 e. The minimum atomic E-state index is 0.461. The average molecular weight is 748 g/mol. The van der Waals surface area contributed by atoms with Crippen LogP contribution in [0, 0.1) is 46.3 Å². The monoisotopic (exact) mass is 747 g/mol. The lowest BCUT2D eigenvalue weighted by Crippen LogP contribution is -2.25.